The number of esters is 1. The van der Waals surface area contributed by atoms with Crippen molar-refractivity contribution in [1.29, 1.82) is 0 Å². The van der Waals surface area contributed by atoms with E-state index >= 15 is 0 Å². The molecule has 9 heteroatoms. The van der Waals surface area contributed by atoms with E-state index in [1.807, 2.05) is 30.3 Å². The van der Waals surface area contributed by atoms with Gasteiger partial charge in [0.15, 0.2) is 5.69 Å². The second-order valence-electron chi connectivity index (χ2n) is 8.02. The average molecular weight is 467 g/mol. The lowest BCUT2D eigenvalue weighted by Gasteiger charge is -2.43. The molecule has 0 radical (unpaired) electrons. The summed E-state index contributed by atoms with van der Waals surface area (Å²) in [6.45, 7) is 2.31. The molecule has 0 saturated carbocycles. The molecule has 33 heavy (non-hydrogen) atoms. The maximum absolute atomic E-state index is 13.6. The lowest BCUT2D eigenvalue weighted by Crippen LogP contribution is -2.63. The summed E-state index contributed by atoms with van der Waals surface area (Å²) in [5.74, 6) is -1.50. The first-order valence-electron chi connectivity index (χ1n) is 10.4. The quantitative estimate of drug-likeness (QED) is 0.563. The van der Waals surface area contributed by atoms with Gasteiger partial charge in [0.1, 0.15) is 11.2 Å². The van der Waals surface area contributed by atoms with Crippen LogP contribution in [0.15, 0.2) is 60.9 Å². The van der Waals surface area contributed by atoms with E-state index in [0.29, 0.717) is 11.6 Å². The Kier molecular flexibility index (Phi) is 6.20. The molecule has 8 nitrogen and oxygen atoms in total. The molecule has 0 aliphatic carbocycles. The van der Waals surface area contributed by atoms with Gasteiger partial charge in [0.05, 0.1) is 20.0 Å². The van der Waals surface area contributed by atoms with Gasteiger partial charge in [0.2, 0.25) is 5.91 Å². The van der Waals surface area contributed by atoms with Crippen molar-refractivity contribution < 1.29 is 19.1 Å². The summed E-state index contributed by atoms with van der Waals surface area (Å²) in [6.07, 6.45) is 1.39. The molecular weight excluding hydrogens is 444 g/mol. The Hall–Kier alpha value is -3.65. The van der Waals surface area contributed by atoms with Crippen LogP contribution >= 0.6 is 11.6 Å². The van der Waals surface area contributed by atoms with E-state index in [0.717, 1.165) is 11.1 Å². The standard InChI is InChI=1S/C24H23ClN4O4/c1-24(23(32)26-12-16-6-4-3-5-7-16)14-28-15-27-19(22(31)33-2)20(28)21(30)29(24)13-17-8-10-18(25)11-9-17/h3-11,15H,12-14H2,1-2H3,(H,26,32). The Balaban J connectivity index is 1.69. The van der Waals surface area contributed by atoms with Gasteiger partial charge in [0.25, 0.3) is 5.91 Å². The maximum atomic E-state index is 13.6. The number of benzene rings is 2. The fourth-order valence-electron chi connectivity index (χ4n) is 3.92. The second-order valence-corrected chi connectivity index (χ2v) is 8.46. The normalized spacial score (nSPS) is 17.4. The second kappa shape index (κ2) is 9.07. The third kappa shape index (κ3) is 4.34. The molecule has 1 aliphatic rings. The van der Waals surface area contributed by atoms with Crippen molar-refractivity contribution in [1.82, 2.24) is 19.8 Å². The summed E-state index contributed by atoms with van der Waals surface area (Å²) in [4.78, 5) is 44.8. The van der Waals surface area contributed by atoms with E-state index in [-0.39, 0.29) is 30.4 Å². The van der Waals surface area contributed by atoms with E-state index in [1.165, 1.54) is 22.9 Å². The van der Waals surface area contributed by atoms with Gasteiger partial charge in [-0.05, 0) is 30.2 Å². The number of nitrogens with zero attached hydrogens (tertiary/aromatic N) is 3. The first-order valence-corrected chi connectivity index (χ1v) is 10.7. The largest absolute Gasteiger partial charge is 0.464 e. The number of imidazole rings is 1. The Labute approximate surface area is 196 Å². The van der Waals surface area contributed by atoms with E-state index in [1.54, 1.807) is 31.2 Å². The number of carbonyl (C=O) groups excluding carboxylic acids is 3. The molecule has 1 aromatic heterocycles. The van der Waals surface area contributed by atoms with Crippen molar-refractivity contribution >= 4 is 29.4 Å². The van der Waals surface area contributed by atoms with Gasteiger partial charge in [-0.2, -0.15) is 0 Å². The van der Waals surface area contributed by atoms with Crippen LogP contribution in [-0.4, -0.2) is 44.9 Å². The molecule has 0 fully saturated rings. The Morgan fingerprint density at radius 3 is 2.48 bits per heavy atom. The monoisotopic (exact) mass is 466 g/mol. The molecule has 0 bridgehead atoms. The third-order valence-corrected chi connectivity index (χ3v) is 6.03. The zero-order valence-corrected chi connectivity index (χ0v) is 19.0. The molecule has 1 unspecified atom stereocenters. The minimum absolute atomic E-state index is 0.0738. The molecule has 0 spiro atoms. The van der Waals surface area contributed by atoms with Crippen LogP contribution in [0.4, 0.5) is 0 Å². The molecule has 0 saturated heterocycles. The first kappa shape index (κ1) is 22.5. The number of hydrogen-bond acceptors (Lipinski definition) is 5. The van der Waals surface area contributed by atoms with Gasteiger partial charge in [-0.1, -0.05) is 54.1 Å². The number of fused-ring (bicyclic) bond motifs is 1. The third-order valence-electron chi connectivity index (χ3n) is 5.78. The highest BCUT2D eigenvalue weighted by molar-refractivity contribution is 6.30. The van der Waals surface area contributed by atoms with Crippen molar-refractivity contribution in [2.75, 3.05) is 7.11 Å². The molecule has 2 amide bonds. The van der Waals surface area contributed by atoms with Crippen LogP contribution in [0.1, 0.15) is 39.0 Å². The van der Waals surface area contributed by atoms with Gasteiger partial charge in [0, 0.05) is 18.1 Å². The number of hydrogen-bond donors (Lipinski definition) is 1. The van der Waals surface area contributed by atoms with Crippen molar-refractivity contribution in [3.8, 4) is 0 Å². The Bertz CT molecular complexity index is 1190. The highest BCUT2D eigenvalue weighted by atomic mass is 35.5. The number of carbonyl (C=O) groups is 3. The number of aromatic nitrogens is 2. The van der Waals surface area contributed by atoms with Crippen molar-refractivity contribution in [2.45, 2.75) is 32.1 Å². The van der Waals surface area contributed by atoms with Gasteiger partial charge in [-0.15, -0.1) is 0 Å². The van der Waals surface area contributed by atoms with Crippen molar-refractivity contribution in [3.05, 3.63) is 88.5 Å². The lowest BCUT2D eigenvalue weighted by molar-refractivity contribution is -0.133. The van der Waals surface area contributed by atoms with E-state index in [2.05, 4.69) is 10.3 Å². The van der Waals surface area contributed by atoms with Crippen LogP contribution in [0.2, 0.25) is 5.02 Å². The van der Waals surface area contributed by atoms with Crippen molar-refractivity contribution in [2.24, 2.45) is 0 Å². The minimum Gasteiger partial charge on any atom is -0.464 e. The summed E-state index contributed by atoms with van der Waals surface area (Å²) < 4.78 is 6.32. The van der Waals surface area contributed by atoms with E-state index < -0.39 is 17.4 Å². The summed E-state index contributed by atoms with van der Waals surface area (Å²) in [6, 6.07) is 16.6. The molecule has 1 N–H and O–H groups in total. The smallest absolute Gasteiger partial charge is 0.359 e. The van der Waals surface area contributed by atoms with Crippen LogP contribution < -0.4 is 5.32 Å². The van der Waals surface area contributed by atoms with E-state index in [9.17, 15) is 14.4 Å². The van der Waals surface area contributed by atoms with Gasteiger partial charge < -0.3 is 19.5 Å². The highest BCUT2D eigenvalue weighted by Crippen LogP contribution is 2.31. The fourth-order valence-corrected chi connectivity index (χ4v) is 4.05. The van der Waals surface area contributed by atoms with Crippen LogP contribution in [0, 0.1) is 0 Å². The number of methoxy groups -OCH3 is 1. The van der Waals surface area contributed by atoms with Gasteiger partial charge in [-0.3, -0.25) is 9.59 Å². The summed E-state index contributed by atoms with van der Waals surface area (Å²) in [5, 5.41) is 3.51. The summed E-state index contributed by atoms with van der Waals surface area (Å²) in [5.41, 5.74) is 0.533. The predicted octanol–water partition coefficient (Wildman–Crippen LogP) is 3.05. The number of nitrogens with one attached hydrogen (secondary N) is 1. The van der Waals surface area contributed by atoms with Crippen LogP contribution in [0.5, 0.6) is 0 Å². The molecule has 2 aromatic carbocycles. The molecule has 2 heterocycles. The fraction of sp³-hybridized carbons (Fsp3) is 0.250. The molecule has 3 aromatic rings. The highest BCUT2D eigenvalue weighted by Gasteiger charge is 2.48. The number of rotatable bonds is 6. The predicted molar refractivity (Wildman–Crippen MR) is 122 cm³/mol. The Morgan fingerprint density at radius 1 is 1.12 bits per heavy atom. The number of halogens is 1. The summed E-state index contributed by atoms with van der Waals surface area (Å²) >= 11 is 6.01. The SMILES string of the molecule is COC(=O)c1ncn2c1C(=O)N(Cc1ccc(Cl)cc1)C(C)(C(=O)NCc1ccccc1)C2. The van der Waals surface area contributed by atoms with Crippen LogP contribution in [0.3, 0.4) is 0 Å². The number of amides is 2. The van der Waals surface area contributed by atoms with Gasteiger partial charge >= 0.3 is 5.97 Å². The van der Waals surface area contributed by atoms with Crippen molar-refractivity contribution in [3.63, 3.8) is 0 Å². The van der Waals surface area contributed by atoms with Crippen LogP contribution in [-0.2, 0) is 29.2 Å². The first-order chi connectivity index (χ1) is 15.8. The van der Waals surface area contributed by atoms with Gasteiger partial charge in [-0.25, -0.2) is 9.78 Å². The van der Waals surface area contributed by atoms with E-state index in [4.69, 9.17) is 16.3 Å². The molecule has 170 valence electrons. The number of ether oxygens (including phenoxy) is 1. The zero-order chi connectivity index (χ0) is 23.6. The zero-order valence-electron chi connectivity index (χ0n) is 18.2. The van der Waals surface area contributed by atoms with Crippen LogP contribution in [0.25, 0.3) is 0 Å². The molecular formula is C24H23ClN4O4. The molecule has 4 rings (SSSR count). The Morgan fingerprint density at radius 2 is 1.82 bits per heavy atom. The molecule has 1 aliphatic heterocycles. The average Bonchev–Trinajstić information content (AvgIpc) is 3.25. The maximum Gasteiger partial charge on any atom is 0.359 e. The topological polar surface area (TPSA) is 93.5 Å². The lowest BCUT2D eigenvalue weighted by atomic mass is 9.93. The molecule has 1 atom stereocenters. The minimum atomic E-state index is -1.23. The summed E-state index contributed by atoms with van der Waals surface area (Å²) in [7, 11) is 1.23.